The van der Waals surface area contributed by atoms with Crippen LogP contribution in [0.25, 0.3) is 6.08 Å². The van der Waals surface area contributed by atoms with Crippen molar-refractivity contribution < 1.29 is 0 Å². The monoisotopic (exact) mass is 418 g/mol. The number of nitrogens with one attached hydrogen (secondary N) is 3. The van der Waals surface area contributed by atoms with Gasteiger partial charge in [0.2, 0.25) is 0 Å². The summed E-state index contributed by atoms with van der Waals surface area (Å²) in [6.07, 6.45) is 9.17. The summed E-state index contributed by atoms with van der Waals surface area (Å²) in [4.78, 5) is 11.7. The summed E-state index contributed by atoms with van der Waals surface area (Å²) < 4.78 is 0. The third kappa shape index (κ3) is 4.62. The predicted octanol–water partition coefficient (Wildman–Crippen LogP) is 4.54. The molecular weight excluding hydrogens is 388 g/mol. The van der Waals surface area contributed by atoms with Crippen LogP contribution in [-0.2, 0) is 0 Å². The lowest BCUT2D eigenvalue weighted by molar-refractivity contribution is 0.135. The largest absolute Gasteiger partial charge is 0.367 e. The first-order valence-corrected chi connectivity index (χ1v) is 10.9. The number of hydrogen-bond donors (Lipinski definition) is 3. The van der Waals surface area contributed by atoms with E-state index in [1.54, 1.807) is 0 Å². The van der Waals surface area contributed by atoms with E-state index in [2.05, 4.69) is 43.5 Å². The van der Waals surface area contributed by atoms with Gasteiger partial charge in [0.25, 0.3) is 0 Å². The van der Waals surface area contributed by atoms with Crippen LogP contribution in [0, 0.1) is 18.3 Å². The molecule has 0 radical (unpaired) electrons. The molecule has 2 aromatic rings. The van der Waals surface area contributed by atoms with Crippen molar-refractivity contribution in [1.29, 1.82) is 5.26 Å². The molecule has 3 atom stereocenters. The maximum Gasteiger partial charge on any atom is 0.153 e. The third-order valence-corrected chi connectivity index (χ3v) is 6.21. The Labute approximate surface area is 183 Å². The quantitative estimate of drug-likeness (QED) is 0.544. The normalized spacial score (nSPS) is 23.1. The highest BCUT2D eigenvalue weighted by atomic mass is 15.2. The number of aromatic nitrogens is 3. The first kappa shape index (κ1) is 21.1. The van der Waals surface area contributed by atoms with E-state index >= 15 is 0 Å². The zero-order valence-corrected chi connectivity index (χ0v) is 18.2. The fourth-order valence-electron chi connectivity index (χ4n) is 4.92. The van der Waals surface area contributed by atoms with E-state index in [0.717, 1.165) is 42.1 Å². The number of pyridine rings is 1. The van der Waals surface area contributed by atoms with Crippen molar-refractivity contribution in [3.05, 3.63) is 29.5 Å². The number of aromatic amines is 1. The van der Waals surface area contributed by atoms with Crippen LogP contribution >= 0.6 is 0 Å². The number of rotatable bonds is 8. The number of fused-ring (bicyclic) bond motifs is 2. The minimum atomic E-state index is 0.341. The van der Waals surface area contributed by atoms with Crippen molar-refractivity contribution >= 4 is 35.9 Å². The molecule has 0 amide bonds. The number of anilines is 3. The molecule has 0 unspecified atom stereocenters. The Kier molecular flexibility index (Phi) is 6.33. The van der Waals surface area contributed by atoms with Gasteiger partial charge in [-0.1, -0.05) is 12.2 Å². The smallest absolute Gasteiger partial charge is 0.153 e. The molecule has 2 aliphatic heterocycles. The first-order chi connectivity index (χ1) is 15.1. The molecule has 8 heteroatoms. The standard InChI is InChI=1S/C23H30N8/c1-4-6-19-20(25-3)14-21(27-22-11-15(2)29-30-22)28-23(19)26-16-12-17-7-8-18(13-16)31(17)10-5-9-24/h4,6,11,14,16-18H,3,5,7-8,10,12-13H2,1-2H3,(H3,26,27,28,29,30)/b6-4-/t16-,17-,18+. The van der Waals surface area contributed by atoms with Gasteiger partial charge in [-0.3, -0.25) is 15.0 Å². The number of aliphatic imine (C=N–C) groups is 1. The number of piperidine rings is 1. The van der Waals surface area contributed by atoms with Gasteiger partial charge >= 0.3 is 0 Å². The van der Waals surface area contributed by atoms with E-state index in [1.165, 1.54) is 12.8 Å². The van der Waals surface area contributed by atoms with E-state index in [9.17, 15) is 0 Å². The summed E-state index contributed by atoms with van der Waals surface area (Å²) in [7, 11) is 0. The van der Waals surface area contributed by atoms with Gasteiger partial charge in [-0.25, -0.2) is 4.98 Å². The van der Waals surface area contributed by atoms with Gasteiger partial charge in [0.15, 0.2) is 5.82 Å². The molecule has 162 valence electrons. The van der Waals surface area contributed by atoms with Crippen molar-refractivity contribution in [2.75, 3.05) is 17.2 Å². The minimum absolute atomic E-state index is 0.341. The average Bonchev–Trinajstić information content (AvgIpc) is 3.26. The van der Waals surface area contributed by atoms with E-state index in [1.807, 2.05) is 38.1 Å². The lowest BCUT2D eigenvalue weighted by Crippen LogP contribution is -2.47. The molecule has 2 saturated heterocycles. The number of nitriles is 1. The van der Waals surface area contributed by atoms with Crippen LogP contribution in [0.15, 0.2) is 23.2 Å². The molecule has 3 N–H and O–H groups in total. The molecule has 0 spiro atoms. The molecule has 31 heavy (non-hydrogen) atoms. The fraction of sp³-hybridized carbons (Fsp3) is 0.478. The molecule has 0 aliphatic carbocycles. The van der Waals surface area contributed by atoms with Crippen LogP contribution < -0.4 is 10.6 Å². The minimum Gasteiger partial charge on any atom is -0.367 e. The zero-order valence-electron chi connectivity index (χ0n) is 18.2. The van der Waals surface area contributed by atoms with E-state index in [4.69, 9.17) is 10.2 Å². The van der Waals surface area contributed by atoms with E-state index < -0.39 is 0 Å². The Balaban J connectivity index is 1.57. The molecule has 2 aromatic heterocycles. The Morgan fingerprint density at radius 1 is 1.32 bits per heavy atom. The number of H-pyrrole nitrogens is 1. The maximum atomic E-state index is 8.97. The molecule has 8 nitrogen and oxygen atoms in total. The number of allylic oxidation sites excluding steroid dienone is 1. The number of aryl methyl sites for hydroxylation is 1. The molecule has 2 aliphatic rings. The van der Waals surface area contributed by atoms with Crippen LogP contribution in [0.4, 0.5) is 23.1 Å². The van der Waals surface area contributed by atoms with Gasteiger partial charge in [-0.15, -0.1) is 0 Å². The fourth-order valence-corrected chi connectivity index (χ4v) is 4.92. The number of nitrogens with zero attached hydrogens (tertiary/aromatic N) is 5. The second-order valence-corrected chi connectivity index (χ2v) is 8.35. The summed E-state index contributed by atoms with van der Waals surface area (Å²) >= 11 is 0. The molecule has 2 bridgehead atoms. The highest BCUT2D eigenvalue weighted by Crippen LogP contribution is 2.38. The van der Waals surface area contributed by atoms with Crippen molar-refractivity contribution in [1.82, 2.24) is 20.1 Å². The van der Waals surface area contributed by atoms with Gasteiger partial charge < -0.3 is 10.6 Å². The Morgan fingerprint density at radius 2 is 2.10 bits per heavy atom. The van der Waals surface area contributed by atoms with Crippen LogP contribution in [0.2, 0.25) is 0 Å². The summed E-state index contributed by atoms with van der Waals surface area (Å²) in [6.45, 7) is 8.60. The third-order valence-electron chi connectivity index (χ3n) is 6.21. The molecular formula is C23H30N8. The number of hydrogen-bond acceptors (Lipinski definition) is 7. The van der Waals surface area contributed by atoms with Crippen molar-refractivity contribution in [3.8, 4) is 6.07 Å². The lowest BCUT2D eigenvalue weighted by Gasteiger charge is -2.39. The molecule has 4 heterocycles. The topological polar surface area (TPSA) is 105 Å². The maximum absolute atomic E-state index is 8.97. The highest BCUT2D eigenvalue weighted by molar-refractivity contribution is 5.78. The summed E-state index contributed by atoms with van der Waals surface area (Å²) in [5.74, 6) is 2.21. The summed E-state index contributed by atoms with van der Waals surface area (Å²) in [5, 5.41) is 23.1. The van der Waals surface area contributed by atoms with Crippen LogP contribution in [0.5, 0.6) is 0 Å². The molecule has 0 aromatic carbocycles. The van der Waals surface area contributed by atoms with Crippen LogP contribution in [0.3, 0.4) is 0 Å². The first-order valence-electron chi connectivity index (χ1n) is 10.9. The summed E-state index contributed by atoms with van der Waals surface area (Å²) in [6, 6.07) is 7.54. The van der Waals surface area contributed by atoms with Crippen molar-refractivity contribution in [3.63, 3.8) is 0 Å². The van der Waals surface area contributed by atoms with Gasteiger partial charge in [-0.2, -0.15) is 10.4 Å². The van der Waals surface area contributed by atoms with Crippen molar-refractivity contribution in [2.24, 2.45) is 4.99 Å². The zero-order chi connectivity index (χ0) is 21.8. The van der Waals surface area contributed by atoms with Gasteiger partial charge in [0.1, 0.15) is 11.6 Å². The SMILES string of the molecule is C=Nc1cc(Nc2cc(C)[nH]n2)nc(N[C@@H]2C[C@H]3CC[C@@H](C2)N3CCC#N)c1/C=C\C. The highest BCUT2D eigenvalue weighted by Gasteiger charge is 2.40. The van der Waals surface area contributed by atoms with E-state index in [0.29, 0.717) is 36.2 Å². The Bertz CT molecular complexity index is 987. The average molecular weight is 419 g/mol. The second kappa shape index (κ2) is 9.31. The Morgan fingerprint density at radius 3 is 2.71 bits per heavy atom. The second-order valence-electron chi connectivity index (χ2n) is 8.35. The molecule has 4 rings (SSSR count). The van der Waals surface area contributed by atoms with Crippen LogP contribution in [0.1, 0.15) is 50.3 Å². The van der Waals surface area contributed by atoms with Crippen molar-refractivity contribution in [2.45, 2.75) is 64.1 Å². The van der Waals surface area contributed by atoms with Gasteiger partial charge in [0.05, 0.1) is 11.8 Å². The summed E-state index contributed by atoms with van der Waals surface area (Å²) in [5.41, 5.74) is 2.70. The van der Waals surface area contributed by atoms with Gasteiger partial charge in [0, 0.05) is 54.5 Å². The molecule has 0 saturated carbocycles. The van der Waals surface area contributed by atoms with Gasteiger partial charge in [-0.05, 0) is 46.2 Å². The van der Waals surface area contributed by atoms with Crippen LogP contribution in [-0.4, -0.2) is 51.5 Å². The molecule has 2 fully saturated rings. The lowest BCUT2D eigenvalue weighted by atomic mass is 9.96. The predicted molar refractivity (Wildman–Crippen MR) is 125 cm³/mol. The Hall–Kier alpha value is -3.18. The van der Waals surface area contributed by atoms with E-state index in [-0.39, 0.29) is 0 Å².